The predicted octanol–water partition coefficient (Wildman–Crippen LogP) is 1.32. The van der Waals surface area contributed by atoms with Crippen LogP contribution in [0.25, 0.3) is 0 Å². The molecule has 2 amide bonds. The van der Waals surface area contributed by atoms with Gasteiger partial charge in [-0.3, -0.25) is 9.59 Å². The molecule has 0 bridgehead atoms. The van der Waals surface area contributed by atoms with Crippen molar-refractivity contribution in [2.45, 2.75) is 64.6 Å². The van der Waals surface area contributed by atoms with Gasteiger partial charge in [0.05, 0.1) is 6.10 Å². The van der Waals surface area contributed by atoms with Crippen LogP contribution in [-0.4, -0.2) is 48.1 Å². The van der Waals surface area contributed by atoms with Gasteiger partial charge < -0.3 is 15.0 Å². The number of hydrogen-bond donors (Lipinski definition) is 1. The largest absolute Gasteiger partial charge is 0.376 e. The second-order valence-corrected chi connectivity index (χ2v) is 6.16. The molecule has 2 saturated heterocycles. The van der Waals surface area contributed by atoms with Crippen LogP contribution in [0.5, 0.6) is 0 Å². The highest BCUT2D eigenvalue weighted by molar-refractivity contribution is 5.97. The number of ether oxygens (including phenoxy) is 1. The predicted molar refractivity (Wildman–Crippen MR) is 76.2 cm³/mol. The van der Waals surface area contributed by atoms with E-state index in [1.54, 1.807) is 4.90 Å². The van der Waals surface area contributed by atoms with E-state index < -0.39 is 6.04 Å². The van der Waals surface area contributed by atoms with E-state index in [0.717, 1.165) is 32.3 Å². The first kappa shape index (κ1) is 15.3. The maximum atomic E-state index is 12.6. The lowest BCUT2D eigenvalue weighted by atomic mass is 9.95. The molecule has 0 aromatic rings. The zero-order chi connectivity index (χ0) is 14.7. The van der Waals surface area contributed by atoms with E-state index in [0.29, 0.717) is 6.54 Å². The fourth-order valence-electron chi connectivity index (χ4n) is 3.02. The number of hydrogen-bond acceptors (Lipinski definition) is 3. The summed E-state index contributed by atoms with van der Waals surface area (Å²) in [5.74, 6) is 0.151. The molecule has 114 valence electrons. The smallest absolute Gasteiger partial charge is 0.246 e. The Bertz CT molecular complexity index is 364. The second-order valence-electron chi connectivity index (χ2n) is 6.16. The number of amides is 2. The van der Waals surface area contributed by atoms with Crippen LogP contribution in [0.1, 0.15) is 46.5 Å². The van der Waals surface area contributed by atoms with E-state index in [2.05, 4.69) is 5.32 Å². The lowest BCUT2D eigenvalue weighted by molar-refractivity contribution is -0.152. The lowest BCUT2D eigenvalue weighted by Gasteiger charge is -2.41. The van der Waals surface area contributed by atoms with Crippen molar-refractivity contribution in [3.05, 3.63) is 0 Å². The van der Waals surface area contributed by atoms with Gasteiger partial charge in [0.25, 0.3) is 0 Å². The first-order chi connectivity index (χ1) is 9.54. The number of nitrogens with zero attached hydrogens (tertiary/aromatic N) is 1. The molecule has 0 radical (unpaired) electrons. The normalized spacial score (nSPS) is 31.0. The number of carbonyl (C=O) groups excluding carboxylic acids is 2. The topological polar surface area (TPSA) is 58.6 Å². The molecule has 0 aromatic carbocycles. The Labute approximate surface area is 121 Å². The monoisotopic (exact) mass is 282 g/mol. The van der Waals surface area contributed by atoms with Gasteiger partial charge in [-0.15, -0.1) is 0 Å². The third kappa shape index (κ3) is 3.14. The molecular formula is C15H26N2O3. The molecule has 5 nitrogen and oxygen atoms in total. The minimum Gasteiger partial charge on any atom is -0.376 e. The van der Waals surface area contributed by atoms with Crippen molar-refractivity contribution in [3.63, 3.8) is 0 Å². The van der Waals surface area contributed by atoms with E-state index in [4.69, 9.17) is 4.74 Å². The third-order valence-corrected chi connectivity index (χ3v) is 4.18. The van der Waals surface area contributed by atoms with Crippen molar-refractivity contribution in [1.29, 1.82) is 0 Å². The number of nitrogens with one attached hydrogen (secondary N) is 1. The summed E-state index contributed by atoms with van der Waals surface area (Å²) in [6.45, 7) is 7.29. The van der Waals surface area contributed by atoms with Gasteiger partial charge in [-0.05, 0) is 25.2 Å². The van der Waals surface area contributed by atoms with Crippen molar-refractivity contribution in [3.8, 4) is 0 Å². The van der Waals surface area contributed by atoms with Crippen LogP contribution in [0.15, 0.2) is 0 Å². The zero-order valence-corrected chi connectivity index (χ0v) is 12.7. The summed E-state index contributed by atoms with van der Waals surface area (Å²) >= 11 is 0. The highest BCUT2D eigenvalue weighted by Gasteiger charge is 2.42. The summed E-state index contributed by atoms with van der Waals surface area (Å²) in [5, 5.41) is 2.88. The number of carbonyl (C=O) groups is 2. The van der Waals surface area contributed by atoms with Crippen LogP contribution in [0, 0.1) is 5.92 Å². The maximum Gasteiger partial charge on any atom is 0.246 e. The van der Waals surface area contributed by atoms with Crippen molar-refractivity contribution in [2.24, 2.45) is 5.92 Å². The van der Waals surface area contributed by atoms with Gasteiger partial charge in [-0.2, -0.15) is 0 Å². The minimum absolute atomic E-state index is 0.0110. The molecule has 5 heteroatoms. The van der Waals surface area contributed by atoms with Gasteiger partial charge in [0, 0.05) is 13.2 Å². The molecule has 2 fully saturated rings. The van der Waals surface area contributed by atoms with E-state index in [-0.39, 0.29) is 29.9 Å². The van der Waals surface area contributed by atoms with Gasteiger partial charge in [0.15, 0.2) is 0 Å². The van der Waals surface area contributed by atoms with Gasteiger partial charge in [0.2, 0.25) is 11.8 Å². The molecular weight excluding hydrogens is 256 g/mol. The Hall–Kier alpha value is -1.10. The molecule has 3 unspecified atom stereocenters. The summed E-state index contributed by atoms with van der Waals surface area (Å²) in [7, 11) is 0. The third-order valence-electron chi connectivity index (χ3n) is 4.18. The van der Waals surface area contributed by atoms with Gasteiger partial charge >= 0.3 is 0 Å². The van der Waals surface area contributed by atoms with E-state index in [9.17, 15) is 9.59 Å². The Morgan fingerprint density at radius 1 is 1.40 bits per heavy atom. The molecule has 0 saturated carbocycles. The average Bonchev–Trinajstić information content (AvgIpc) is 2.90. The average molecular weight is 282 g/mol. The Morgan fingerprint density at radius 2 is 2.15 bits per heavy atom. The highest BCUT2D eigenvalue weighted by Crippen LogP contribution is 2.22. The fraction of sp³-hybridized carbons (Fsp3) is 0.867. The molecule has 2 heterocycles. The van der Waals surface area contributed by atoms with Gasteiger partial charge in [-0.1, -0.05) is 27.2 Å². The number of rotatable bonds is 5. The van der Waals surface area contributed by atoms with Crippen molar-refractivity contribution in [1.82, 2.24) is 10.2 Å². The second kappa shape index (κ2) is 6.57. The van der Waals surface area contributed by atoms with Crippen LogP contribution in [0.3, 0.4) is 0 Å². The molecule has 3 atom stereocenters. The molecule has 2 rings (SSSR count). The summed E-state index contributed by atoms with van der Waals surface area (Å²) in [5.41, 5.74) is 0. The van der Waals surface area contributed by atoms with Gasteiger partial charge in [0.1, 0.15) is 12.1 Å². The zero-order valence-electron chi connectivity index (χ0n) is 12.7. The summed E-state index contributed by atoms with van der Waals surface area (Å²) in [4.78, 5) is 26.7. The van der Waals surface area contributed by atoms with E-state index >= 15 is 0 Å². The van der Waals surface area contributed by atoms with Gasteiger partial charge in [-0.25, -0.2) is 0 Å². The molecule has 2 aliphatic heterocycles. The van der Waals surface area contributed by atoms with Crippen molar-refractivity contribution in [2.75, 3.05) is 13.2 Å². The van der Waals surface area contributed by atoms with Crippen LogP contribution in [-0.2, 0) is 14.3 Å². The maximum absolute atomic E-state index is 12.6. The van der Waals surface area contributed by atoms with E-state index in [1.165, 1.54) is 0 Å². The molecule has 20 heavy (non-hydrogen) atoms. The van der Waals surface area contributed by atoms with Crippen molar-refractivity contribution < 1.29 is 14.3 Å². The quantitative estimate of drug-likeness (QED) is 0.827. The standard InChI is InChI=1S/C15H26N2O3/c1-4-6-12-14(18)16-13(10(2)3)15(19)17(12)9-11-7-5-8-20-11/h10-13H,4-9H2,1-3H3,(H,16,18). The number of piperazine rings is 1. The molecule has 0 aliphatic carbocycles. The molecule has 1 N–H and O–H groups in total. The molecule has 0 aromatic heterocycles. The van der Waals surface area contributed by atoms with Crippen LogP contribution >= 0.6 is 0 Å². The Morgan fingerprint density at radius 3 is 2.70 bits per heavy atom. The first-order valence-corrected chi connectivity index (χ1v) is 7.77. The summed E-state index contributed by atoms with van der Waals surface area (Å²) in [6.07, 6.45) is 3.73. The SMILES string of the molecule is CCCC1C(=O)NC(C(C)C)C(=O)N1CC1CCCO1. The molecule has 0 spiro atoms. The Balaban J connectivity index is 2.14. The van der Waals surface area contributed by atoms with Crippen molar-refractivity contribution >= 4 is 11.8 Å². The van der Waals surface area contributed by atoms with Crippen LogP contribution in [0.4, 0.5) is 0 Å². The summed E-state index contributed by atoms with van der Waals surface area (Å²) < 4.78 is 5.64. The summed E-state index contributed by atoms with van der Waals surface area (Å²) in [6, 6.07) is -0.719. The molecule has 2 aliphatic rings. The lowest BCUT2D eigenvalue weighted by Crippen LogP contribution is -2.65. The fourth-order valence-corrected chi connectivity index (χ4v) is 3.02. The van der Waals surface area contributed by atoms with E-state index in [1.807, 2.05) is 20.8 Å². The minimum atomic E-state index is -0.392. The Kier molecular flexibility index (Phi) is 5.02. The van der Waals surface area contributed by atoms with Crippen LogP contribution < -0.4 is 5.32 Å². The first-order valence-electron chi connectivity index (χ1n) is 7.77. The van der Waals surface area contributed by atoms with Crippen LogP contribution in [0.2, 0.25) is 0 Å². The highest BCUT2D eigenvalue weighted by atomic mass is 16.5.